The van der Waals surface area contributed by atoms with Crippen LogP contribution < -0.4 is 15.4 Å². The van der Waals surface area contributed by atoms with Crippen LogP contribution in [0.3, 0.4) is 0 Å². The summed E-state index contributed by atoms with van der Waals surface area (Å²) in [5.41, 5.74) is 4.07. The highest BCUT2D eigenvalue weighted by Crippen LogP contribution is 2.30. The highest BCUT2D eigenvalue weighted by atomic mass is 19.1. The molecule has 3 aromatic carbocycles. The molecule has 1 amide bonds. The lowest BCUT2D eigenvalue weighted by Gasteiger charge is -2.13. The van der Waals surface area contributed by atoms with Gasteiger partial charge in [0.25, 0.3) is 5.91 Å². The smallest absolute Gasteiger partial charge is 0.258 e. The van der Waals surface area contributed by atoms with E-state index in [1.54, 1.807) is 24.4 Å². The normalized spacial score (nSPS) is 11.8. The SMILES string of the molecule is CCC(C)NC(=O)COc1cccc(-c2nc(Nc3ccc(-c4cn[nH]c4)cc3)c3cc(F)ccc3n2)c1. The molecule has 0 radical (unpaired) electrons. The van der Waals surface area contributed by atoms with Crippen LogP contribution in [0.2, 0.25) is 0 Å². The van der Waals surface area contributed by atoms with E-state index in [0.29, 0.717) is 33.9 Å². The lowest BCUT2D eigenvalue weighted by Crippen LogP contribution is -2.35. The van der Waals surface area contributed by atoms with Crippen molar-refractivity contribution >= 4 is 28.3 Å². The molecule has 38 heavy (non-hydrogen) atoms. The Morgan fingerprint density at radius 3 is 2.63 bits per heavy atom. The molecule has 192 valence electrons. The van der Waals surface area contributed by atoms with Gasteiger partial charge in [-0.1, -0.05) is 31.2 Å². The molecular formula is C29H27FN6O2. The molecule has 2 aromatic heterocycles. The second kappa shape index (κ2) is 11.1. The molecule has 8 nitrogen and oxygen atoms in total. The summed E-state index contributed by atoms with van der Waals surface area (Å²) in [5, 5.41) is 13.5. The van der Waals surface area contributed by atoms with E-state index in [0.717, 1.165) is 23.2 Å². The molecule has 5 aromatic rings. The number of nitrogens with zero attached hydrogens (tertiary/aromatic N) is 3. The Morgan fingerprint density at radius 1 is 1.03 bits per heavy atom. The molecule has 3 N–H and O–H groups in total. The summed E-state index contributed by atoms with van der Waals surface area (Å²) in [6, 6.07) is 19.5. The molecule has 0 aliphatic rings. The Kier molecular flexibility index (Phi) is 7.26. The van der Waals surface area contributed by atoms with Crippen molar-refractivity contribution in [3.05, 3.63) is 84.9 Å². The first kappa shape index (κ1) is 24.9. The van der Waals surface area contributed by atoms with E-state index in [4.69, 9.17) is 9.72 Å². The molecule has 9 heteroatoms. The second-order valence-electron chi connectivity index (χ2n) is 8.94. The van der Waals surface area contributed by atoms with Gasteiger partial charge in [0, 0.05) is 34.4 Å². The quantitative estimate of drug-likeness (QED) is 0.229. The van der Waals surface area contributed by atoms with Crippen molar-refractivity contribution in [3.63, 3.8) is 0 Å². The summed E-state index contributed by atoms with van der Waals surface area (Å²) in [6.07, 6.45) is 4.42. The first-order valence-electron chi connectivity index (χ1n) is 12.3. The van der Waals surface area contributed by atoms with Crippen molar-refractivity contribution in [2.24, 2.45) is 0 Å². The zero-order valence-corrected chi connectivity index (χ0v) is 21.0. The Morgan fingerprint density at radius 2 is 1.87 bits per heavy atom. The minimum Gasteiger partial charge on any atom is -0.484 e. The van der Waals surface area contributed by atoms with Crippen LogP contribution in [0, 0.1) is 5.82 Å². The van der Waals surface area contributed by atoms with Gasteiger partial charge >= 0.3 is 0 Å². The number of rotatable bonds is 9. The van der Waals surface area contributed by atoms with E-state index < -0.39 is 0 Å². The summed E-state index contributed by atoms with van der Waals surface area (Å²) >= 11 is 0. The Hall–Kier alpha value is -4.79. The number of nitrogens with one attached hydrogen (secondary N) is 3. The minimum absolute atomic E-state index is 0.0843. The summed E-state index contributed by atoms with van der Waals surface area (Å²) in [6.45, 7) is 3.86. The van der Waals surface area contributed by atoms with Crippen LogP contribution >= 0.6 is 0 Å². The number of aromatic nitrogens is 4. The summed E-state index contributed by atoms with van der Waals surface area (Å²) < 4.78 is 19.9. The molecule has 1 unspecified atom stereocenters. The highest BCUT2D eigenvalue weighted by molar-refractivity contribution is 5.92. The highest BCUT2D eigenvalue weighted by Gasteiger charge is 2.13. The van der Waals surface area contributed by atoms with E-state index in [2.05, 4.69) is 25.8 Å². The minimum atomic E-state index is -0.377. The average molecular weight is 511 g/mol. The number of hydrogen-bond donors (Lipinski definition) is 3. The Balaban J connectivity index is 1.42. The van der Waals surface area contributed by atoms with Crippen molar-refractivity contribution in [1.82, 2.24) is 25.5 Å². The molecule has 0 aliphatic heterocycles. The lowest BCUT2D eigenvalue weighted by molar-refractivity contribution is -0.123. The first-order chi connectivity index (χ1) is 18.5. The van der Waals surface area contributed by atoms with Gasteiger partial charge in [-0.3, -0.25) is 9.89 Å². The fourth-order valence-corrected chi connectivity index (χ4v) is 3.91. The van der Waals surface area contributed by atoms with Gasteiger partial charge in [-0.25, -0.2) is 14.4 Å². The third-order valence-electron chi connectivity index (χ3n) is 6.12. The predicted octanol–water partition coefficient (Wildman–Crippen LogP) is 5.86. The van der Waals surface area contributed by atoms with Crippen LogP contribution in [0.5, 0.6) is 5.75 Å². The van der Waals surface area contributed by atoms with Crippen molar-refractivity contribution in [2.45, 2.75) is 26.3 Å². The third-order valence-corrected chi connectivity index (χ3v) is 6.12. The van der Waals surface area contributed by atoms with Crippen LogP contribution in [-0.2, 0) is 4.79 Å². The van der Waals surface area contributed by atoms with Crippen molar-refractivity contribution in [1.29, 1.82) is 0 Å². The van der Waals surface area contributed by atoms with Crippen molar-refractivity contribution < 1.29 is 13.9 Å². The van der Waals surface area contributed by atoms with Gasteiger partial charge in [-0.05, 0) is 61.4 Å². The Labute approximate surface area is 219 Å². The van der Waals surface area contributed by atoms with Gasteiger partial charge in [0.15, 0.2) is 12.4 Å². The number of fused-ring (bicyclic) bond motifs is 1. The lowest BCUT2D eigenvalue weighted by atomic mass is 10.1. The van der Waals surface area contributed by atoms with Crippen LogP contribution in [0.4, 0.5) is 15.9 Å². The topological polar surface area (TPSA) is 105 Å². The zero-order valence-electron chi connectivity index (χ0n) is 21.0. The number of H-pyrrole nitrogens is 1. The van der Waals surface area contributed by atoms with E-state index >= 15 is 0 Å². The molecule has 0 bridgehead atoms. The largest absolute Gasteiger partial charge is 0.484 e. The number of anilines is 2. The molecule has 0 fully saturated rings. The van der Waals surface area contributed by atoms with Gasteiger partial charge < -0.3 is 15.4 Å². The number of halogens is 1. The number of ether oxygens (including phenoxy) is 1. The summed E-state index contributed by atoms with van der Waals surface area (Å²) in [7, 11) is 0. The van der Waals surface area contributed by atoms with Gasteiger partial charge in [-0.2, -0.15) is 5.10 Å². The molecule has 1 atom stereocenters. The molecule has 2 heterocycles. The number of carbonyl (C=O) groups excluding carboxylic acids is 1. The van der Waals surface area contributed by atoms with E-state index in [9.17, 15) is 9.18 Å². The molecule has 0 saturated carbocycles. The maximum Gasteiger partial charge on any atom is 0.258 e. The zero-order chi connectivity index (χ0) is 26.5. The fourth-order valence-electron chi connectivity index (χ4n) is 3.91. The van der Waals surface area contributed by atoms with Crippen LogP contribution in [-0.4, -0.2) is 38.7 Å². The van der Waals surface area contributed by atoms with Gasteiger partial charge in [0.1, 0.15) is 17.4 Å². The predicted molar refractivity (Wildman–Crippen MR) is 146 cm³/mol. The molecule has 0 saturated heterocycles. The summed E-state index contributed by atoms with van der Waals surface area (Å²) in [5.74, 6) is 0.877. The van der Waals surface area contributed by atoms with E-state index in [1.807, 2.05) is 56.4 Å². The summed E-state index contributed by atoms with van der Waals surface area (Å²) in [4.78, 5) is 21.5. The van der Waals surface area contributed by atoms with Crippen molar-refractivity contribution in [2.75, 3.05) is 11.9 Å². The fraction of sp³-hybridized carbons (Fsp3) is 0.172. The standard InChI is InChI=1S/C29H27FN6O2/c1-3-18(2)33-27(37)17-38-24-6-4-5-20(13-24)28-35-26-12-9-22(30)14-25(26)29(36-28)34-23-10-7-19(8-11-23)21-15-31-32-16-21/h4-16,18H,3,17H2,1-2H3,(H,31,32)(H,33,37)(H,34,35,36). The number of benzene rings is 3. The van der Waals surface area contributed by atoms with Gasteiger partial charge in [-0.15, -0.1) is 0 Å². The third kappa shape index (κ3) is 5.78. The monoisotopic (exact) mass is 510 g/mol. The maximum absolute atomic E-state index is 14.2. The van der Waals surface area contributed by atoms with E-state index in [1.165, 1.54) is 12.1 Å². The molecule has 0 spiro atoms. The average Bonchev–Trinajstić information content (AvgIpc) is 3.48. The van der Waals surface area contributed by atoms with E-state index in [-0.39, 0.29) is 24.4 Å². The number of carbonyl (C=O) groups is 1. The molecular weight excluding hydrogens is 483 g/mol. The maximum atomic E-state index is 14.2. The molecule has 5 rings (SSSR count). The van der Waals surface area contributed by atoms with Crippen LogP contribution in [0.1, 0.15) is 20.3 Å². The number of aromatic amines is 1. The van der Waals surface area contributed by atoms with Crippen LogP contribution in [0.15, 0.2) is 79.1 Å². The van der Waals surface area contributed by atoms with Crippen LogP contribution in [0.25, 0.3) is 33.4 Å². The first-order valence-corrected chi connectivity index (χ1v) is 12.3. The Bertz CT molecular complexity index is 1550. The number of hydrogen-bond acceptors (Lipinski definition) is 6. The molecule has 0 aliphatic carbocycles. The van der Waals surface area contributed by atoms with Gasteiger partial charge in [0.2, 0.25) is 0 Å². The second-order valence-corrected chi connectivity index (χ2v) is 8.94. The number of amides is 1. The van der Waals surface area contributed by atoms with Crippen molar-refractivity contribution in [3.8, 4) is 28.3 Å². The van der Waals surface area contributed by atoms with Gasteiger partial charge in [0.05, 0.1) is 11.7 Å².